The molecule has 0 saturated heterocycles. The molecule has 0 atom stereocenters. The van der Waals surface area contributed by atoms with E-state index in [1.54, 1.807) is 4.90 Å². The number of hydrogen-bond acceptors (Lipinski definition) is 2. The number of fused-ring (bicyclic) bond motifs is 1. The van der Waals surface area contributed by atoms with Crippen molar-refractivity contribution < 1.29 is 9.53 Å². The normalized spacial score (nSPS) is 14.9. The first kappa shape index (κ1) is 12.7. The van der Waals surface area contributed by atoms with Gasteiger partial charge in [-0.3, -0.25) is 4.90 Å². The van der Waals surface area contributed by atoms with E-state index in [2.05, 4.69) is 20.8 Å². The molecule has 0 unspecified atom stereocenters. The van der Waals surface area contributed by atoms with Crippen molar-refractivity contribution in [3.63, 3.8) is 0 Å². The maximum absolute atomic E-state index is 11.9. The zero-order valence-corrected chi connectivity index (χ0v) is 11.1. The van der Waals surface area contributed by atoms with Crippen LogP contribution in [0.15, 0.2) is 36.6 Å². The van der Waals surface area contributed by atoms with Crippen LogP contribution < -0.4 is 4.90 Å². The Hall–Kier alpha value is -1.77. The van der Waals surface area contributed by atoms with Gasteiger partial charge in [-0.25, -0.2) is 4.79 Å². The van der Waals surface area contributed by atoms with E-state index in [1.807, 2.05) is 30.3 Å². The molecule has 18 heavy (non-hydrogen) atoms. The van der Waals surface area contributed by atoms with Crippen molar-refractivity contribution in [2.75, 3.05) is 11.4 Å². The Bertz CT molecular complexity index is 472. The monoisotopic (exact) mass is 245 g/mol. The number of amides is 1. The Balaban J connectivity index is 2.02. The van der Waals surface area contributed by atoms with Crippen LogP contribution in [0.3, 0.4) is 0 Å². The molecule has 0 fully saturated rings. The van der Waals surface area contributed by atoms with Gasteiger partial charge in [0.15, 0.2) is 0 Å². The fourth-order valence-electron chi connectivity index (χ4n) is 1.89. The number of rotatable bonds is 1. The van der Waals surface area contributed by atoms with Gasteiger partial charge in [0.1, 0.15) is 0 Å². The third-order valence-corrected chi connectivity index (χ3v) is 2.84. The van der Waals surface area contributed by atoms with Crippen LogP contribution in [0.2, 0.25) is 0 Å². The van der Waals surface area contributed by atoms with Gasteiger partial charge >= 0.3 is 6.09 Å². The van der Waals surface area contributed by atoms with Crippen molar-refractivity contribution in [1.29, 1.82) is 0 Å². The number of para-hydroxylation sites is 1. The van der Waals surface area contributed by atoms with E-state index in [-0.39, 0.29) is 11.5 Å². The largest absolute Gasteiger partial charge is 0.419 e. The van der Waals surface area contributed by atoms with Gasteiger partial charge in [0.05, 0.1) is 11.9 Å². The first-order valence-electron chi connectivity index (χ1n) is 6.21. The Morgan fingerprint density at radius 2 is 2.06 bits per heavy atom. The second-order valence-electron chi connectivity index (χ2n) is 5.58. The Kier molecular flexibility index (Phi) is 3.41. The van der Waals surface area contributed by atoms with E-state index in [1.165, 1.54) is 11.8 Å². The van der Waals surface area contributed by atoms with Gasteiger partial charge in [-0.15, -0.1) is 0 Å². The second kappa shape index (κ2) is 4.84. The van der Waals surface area contributed by atoms with Crippen LogP contribution in [-0.4, -0.2) is 12.6 Å². The average molecular weight is 245 g/mol. The summed E-state index contributed by atoms with van der Waals surface area (Å²) in [6, 6.07) is 7.94. The van der Waals surface area contributed by atoms with Gasteiger partial charge in [0, 0.05) is 6.54 Å². The number of carbonyl (C=O) groups excluding carboxylic acids is 1. The molecule has 2 rings (SSSR count). The van der Waals surface area contributed by atoms with Crippen LogP contribution in [0.1, 0.15) is 26.3 Å². The van der Waals surface area contributed by atoms with E-state index in [0.717, 1.165) is 12.1 Å². The highest BCUT2D eigenvalue weighted by atomic mass is 16.5. The predicted molar refractivity (Wildman–Crippen MR) is 72.6 cm³/mol. The molecule has 0 radical (unpaired) electrons. The number of anilines is 1. The lowest BCUT2D eigenvalue weighted by Gasteiger charge is -2.16. The van der Waals surface area contributed by atoms with E-state index in [0.29, 0.717) is 6.54 Å². The molecule has 1 aliphatic rings. The summed E-state index contributed by atoms with van der Waals surface area (Å²) in [5.41, 5.74) is 2.18. The van der Waals surface area contributed by atoms with E-state index < -0.39 is 0 Å². The first-order valence-corrected chi connectivity index (χ1v) is 6.21. The lowest BCUT2D eigenvalue weighted by Crippen LogP contribution is -2.28. The summed E-state index contributed by atoms with van der Waals surface area (Å²) in [6.07, 6.45) is 3.96. The van der Waals surface area contributed by atoms with Crippen LogP contribution in [0.25, 0.3) is 0 Å². The maximum Gasteiger partial charge on any atom is 0.419 e. The fraction of sp³-hybridized carbons (Fsp3) is 0.400. The highest BCUT2D eigenvalue weighted by Gasteiger charge is 2.24. The number of hydrogen-bond donors (Lipinski definition) is 0. The van der Waals surface area contributed by atoms with Crippen LogP contribution in [-0.2, 0) is 11.2 Å². The summed E-state index contributed by atoms with van der Waals surface area (Å²) in [4.78, 5) is 13.6. The maximum atomic E-state index is 11.9. The smallest absolute Gasteiger partial charge is 0.418 e. The van der Waals surface area contributed by atoms with E-state index in [9.17, 15) is 4.79 Å². The summed E-state index contributed by atoms with van der Waals surface area (Å²) >= 11 is 0. The Labute approximate surface area is 108 Å². The lowest BCUT2D eigenvalue weighted by molar-refractivity contribution is 0.192. The van der Waals surface area contributed by atoms with E-state index in [4.69, 9.17) is 4.74 Å². The fourth-order valence-corrected chi connectivity index (χ4v) is 1.89. The average Bonchev–Trinajstić information content (AvgIpc) is 2.70. The molecule has 1 aromatic rings. The van der Waals surface area contributed by atoms with Crippen LogP contribution in [0.4, 0.5) is 10.5 Å². The summed E-state index contributed by atoms with van der Waals surface area (Å²) in [6.45, 7) is 6.87. The number of allylic oxidation sites excluding steroid dienone is 1. The second-order valence-corrected chi connectivity index (χ2v) is 5.58. The molecule has 0 bridgehead atoms. The third-order valence-electron chi connectivity index (χ3n) is 2.84. The summed E-state index contributed by atoms with van der Waals surface area (Å²) in [5.74, 6) is 0. The molecule has 0 saturated carbocycles. The van der Waals surface area contributed by atoms with Crippen molar-refractivity contribution in [2.24, 2.45) is 5.41 Å². The highest BCUT2D eigenvalue weighted by Crippen LogP contribution is 2.28. The van der Waals surface area contributed by atoms with Gasteiger partial charge in [-0.05, 0) is 29.5 Å². The van der Waals surface area contributed by atoms with Gasteiger partial charge in [-0.1, -0.05) is 39.0 Å². The predicted octanol–water partition coefficient (Wildman–Crippen LogP) is 3.75. The molecule has 3 heteroatoms. The molecular weight excluding hydrogens is 226 g/mol. The number of nitrogens with zero attached hydrogens (tertiary/aromatic N) is 1. The molecule has 0 aliphatic carbocycles. The third kappa shape index (κ3) is 2.92. The Morgan fingerprint density at radius 1 is 1.33 bits per heavy atom. The lowest BCUT2D eigenvalue weighted by atomic mass is 9.97. The van der Waals surface area contributed by atoms with Crippen LogP contribution in [0.5, 0.6) is 0 Å². The summed E-state index contributed by atoms with van der Waals surface area (Å²) in [5, 5.41) is 0. The van der Waals surface area contributed by atoms with Crippen LogP contribution in [0, 0.1) is 5.41 Å². The standard InChI is InChI=1S/C15H19NO2/c1-15(2,3)9-11-18-14(17)16-10-8-12-6-4-5-7-13(12)16/h4-7,9,11H,8,10H2,1-3H3. The number of ether oxygens (including phenoxy) is 1. The van der Waals surface area contributed by atoms with E-state index >= 15 is 0 Å². The highest BCUT2D eigenvalue weighted by molar-refractivity contribution is 5.90. The molecule has 96 valence electrons. The number of benzene rings is 1. The van der Waals surface area contributed by atoms with Crippen molar-refractivity contribution in [3.8, 4) is 0 Å². The molecule has 1 heterocycles. The molecule has 1 aromatic carbocycles. The van der Waals surface area contributed by atoms with Crippen molar-refractivity contribution >= 4 is 11.8 Å². The van der Waals surface area contributed by atoms with Crippen molar-refractivity contribution in [2.45, 2.75) is 27.2 Å². The molecular formula is C15H19NO2. The minimum atomic E-state index is -0.305. The zero-order valence-electron chi connectivity index (χ0n) is 11.1. The Morgan fingerprint density at radius 3 is 2.78 bits per heavy atom. The topological polar surface area (TPSA) is 29.5 Å². The minimum Gasteiger partial charge on any atom is -0.418 e. The van der Waals surface area contributed by atoms with Gasteiger partial charge in [0.25, 0.3) is 0 Å². The molecule has 0 aromatic heterocycles. The van der Waals surface area contributed by atoms with Gasteiger partial charge < -0.3 is 4.74 Å². The van der Waals surface area contributed by atoms with Crippen LogP contribution >= 0.6 is 0 Å². The molecule has 3 nitrogen and oxygen atoms in total. The quantitative estimate of drug-likeness (QED) is 0.705. The zero-order chi connectivity index (χ0) is 13.2. The van der Waals surface area contributed by atoms with Gasteiger partial charge in [-0.2, -0.15) is 0 Å². The molecule has 1 amide bonds. The summed E-state index contributed by atoms with van der Waals surface area (Å²) < 4.78 is 5.17. The van der Waals surface area contributed by atoms with Gasteiger partial charge in [0.2, 0.25) is 0 Å². The molecule has 0 N–H and O–H groups in total. The molecule has 1 aliphatic heterocycles. The molecule has 0 spiro atoms. The first-order chi connectivity index (χ1) is 8.47. The van der Waals surface area contributed by atoms with Crippen molar-refractivity contribution in [3.05, 3.63) is 42.2 Å². The SMILES string of the molecule is CC(C)(C)C=COC(=O)N1CCc2ccccc21. The van der Waals surface area contributed by atoms with Crippen molar-refractivity contribution in [1.82, 2.24) is 0 Å². The summed E-state index contributed by atoms with van der Waals surface area (Å²) in [7, 11) is 0. The number of carbonyl (C=O) groups is 1. The minimum absolute atomic E-state index is 0.0171.